The van der Waals surface area contributed by atoms with Crippen molar-refractivity contribution in [2.24, 2.45) is 0 Å². The van der Waals surface area contributed by atoms with E-state index in [4.69, 9.17) is 4.74 Å². The summed E-state index contributed by atoms with van der Waals surface area (Å²) in [6.45, 7) is 3.22. The van der Waals surface area contributed by atoms with Gasteiger partial charge in [-0.3, -0.25) is 19.4 Å². The van der Waals surface area contributed by atoms with Gasteiger partial charge in [0.2, 0.25) is 5.43 Å². The van der Waals surface area contributed by atoms with E-state index < -0.39 is 52.0 Å². The molecule has 2 atom stereocenters. The maximum atomic E-state index is 14.0. The second kappa shape index (κ2) is 8.37. The first-order valence-electron chi connectivity index (χ1n) is 10.6. The Morgan fingerprint density at radius 3 is 2.65 bits per heavy atom. The number of carbonyl (C=O) groups is 2. The van der Waals surface area contributed by atoms with Gasteiger partial charge >= 0.3 is 0 Å². The van der Waals surface area contributed by atoms with Crippen LogP contribution in [0.5, 0.6) is 5.75 Å². The lowest BCUT2D eigenvalue weighted by molar-refractivity contribution is -0.00110. The number of likely N-dealkylation sites (N-methyl/N-ethyl adjacent to an activating group) is 1. The van der Waals surface area contributed by atoms with Crippen molar-refractivity contribution in [1.29, 1.82) is 0 Å². The summed E-state index contributed by atoms with van der Waals surface area (Å²) in [4.78, 5) is 40.7. The van der Waals surface area contributed by atoms with Crippen molar-refractivity contribution < 1.29 is 33.3 Å². The predicted molar refractivity (Wildman–Crippen MR) is 115 cm³/mol. The van der Waals surface area contributed by atoms with Crippen LogP contribution in [-0.4, -0.2) is 64.1 Å². The van der Waals surface area contributed by atoms with Gasteiger partial charge in [0.25, 0.3) is 11.8 Å². The molecule has 2 amide bonds. The van der Waals surface area contributed by atoms with Crippen LogP contribution in [0.1, 0.15) is 52.1 Å². The van der Waals surface area contributed by atoms with Gasteiger partial charge in [0.1, 0.15) is 23.3 Å². The second-order valence-electron chi connectivity index (χ2n) is 8.31. The van der Waals surface area contributed by atoms with Crippen LogP contribution < -0.4 is 15.8 Å². The molecule has 0 radical (unpaired) electrons. The van der Waals surface area contributed by atoms with Crippen molar-refractivity contribution >= 4 is 11.8 Å². The van der Waals surface area contributed by atoms with Gasteiger partial charge in [-0.2, -0.15) is 0 Å². The van der Waals surface area contributed by atoms with Gasteiger partial charge in [-0.25, -0.2) is 13.5 Å². The van der Waals surface area contributed by atoms with Gasteiger partial charge in [0.05, 0.1) is 18.8 Å². The molecule has 2 aromatic rings. The lowest BCUT2D eigenvalue weighted by atomic mass is 10.0. The Hall–Kier alpha value is -3.51. The standard InChI is InChI=1S/C22H24F2N4O6/c1-4-26-21(33)17-19(31)18(30)15(20(32)25-8-11-5-6-12(23)7-13(11)24)16-14(29)9-27(28(16)17)22(26,2)10-34-3/h5-7,14,29,31H,4,8-10H2,1-3H3,(H,25,32). The number of hydrogen-bond donors (Lipinski definition) is 3. The number of aliphatic hydroxyl groups is 1. The van der Waals surface area contributed by atoms with Crippen molar-refractivity contribution in [2.45, 2.75) is 32.2 Å². The third-order valence-electron chi connectivity index (χ3n) is 6.27. The molecule has 4 rings (SSSR count). The summed E-state index contributed by atoms with van der Waals surface area (Å²) in [6, 6.07) is 2.82. The Morgan fingerprint density at radius 1 is 1.32 bits per heavy atom. The number of pyridine rings is 1. The first-order valence-corrected chi connectivity index (χ1v) is 10.6. The molecule has 0 spiro atoms. The highest BCUT2D eigenvalue weighted by Crippen LogP contribution is 2.39. The number of nitrogens with zero attached hydrogens (tertiary/aromatic N) is 3. The van der Waals surface area contributed by atoms with E-state index in [-0.39, 0.29) is 43.2 Å². The van der Waals surface area contributed by atoms with Crippen LogP contribution in [0.25, 0.3) is 0 Å². The van der Waals surface area contributed by atoms with E-state index in [9.17, 15) is 33.4 Å². The molecule has 10 nitrogen and oxygen atoms in total. The molecule has 12 heteroatoms. The topological polar surface area (TPSA) is 124 Å². The van der Waals surface area contributed by atoms with Crippen LogP contribution in [0.2, 0.25) is 0 Å². The van der Waals surface area contributed by atoms with Crippen molar-refractivity contribution in [1.82, 2.24) is 14.9 Å². The first-order chi connectivity index (χ1) is 16.1. The van der Waals surface area contributed by atoms with Gasteiger partial charge in [0, 0.05) is 31.8 Å². The van der Waals surface area contributed by atoms with Gasteiger partial charge in [-0.05, 0) is 19.9 Å². The fraction of sp³-hybridized carbons (Fsp3) is 0.409. The Balaban J connectivity index is 1.82. The molecule has 0 fully saturated rings. The molecule has 1 aromatic carbocycles. The monoisotopic (exact) mass is 478 g/mol. The Bertz CT molecular complexity index is 1250. The van der Waals surface area contributed by atoms with E-state index in [0.29, 0.717) is 6.07 Å². The van der Waals surface area contributed by atoms with E-state index in [1.54, 1.807) is 18.9 Å². The van der Waals surface area contributed by atoms with Gasteiger partial charge in [-0.1, -0.05) is 6.07 Å². The number of carbonyl (C=O) groups excluding carboxylic acids is 2. The molecule has 1 aromatic heterocycles. The number of nitrogens with one attached hydrogen (secondary N) is 1. The average molecular weight is 478 g/mol. The summed E-state index contributed by atoms with van der Waals surface area (Å²) in [5, 5.41) is 25.4. The van der Waals surface area contributed by atoms with E-state index in [2.05, 4.69) is 5.32 Å². The fourth-order valence-corrected chi connectivity index (χ4v) is 4.71. The highest BCUT2D eigenvalue weighted by molar-refractivity contribution is 6.01. The van der Waals surface area contributed by atoms with E-state index >= 15 is 0 Å². The zero-order chi connectivity index (χ0) is 24.9. The lowest BCUT2D eigenvalue weighted by Gasteiger charge is -2.51. The zero-order valence-electron chi connectivity index (χ0n) is 18.8. The average Bonchev–Trinajstić information content (AvgIpc) is 3.11. The minimum Gasteiger partial charge on any atom is -0.502 e. The van der Waals surface area contributed by atoms with Crippen LogP contribution in [0.15, 0.2) is 23.0 Å². The van der Waals surface area contributed by atoms with Gasteiger partial charge < -0.3 is 25.2 Å². The third-order valence-corrected chi connectivity index (χ3v) is 6.27. The fourth-order valence-electron chi connectivity index (χ4n) is 4.71. The number of halogens is 2. The molecular weight excluding hydrogens is 454 g/mol. The maximum Gasteiger partial charge on any atom is 0.278 e. The Labute approximate surface area is 192 Å². The summed E-state index contributed by atoms with van der Waals surface area (Å²) in [6.07, 6.45) is -1.35. The van der Waals surface area contributed by atoms with Crippen LogP contribution in [0, 0.1) is 11.6 Å². The van der Waals surface area contributed by atoms with Crippen LogP contribution in [0.4, 0.5) is 8.78 Å². The van der Waals surface area contributed by atoms with Crippen molar-refractivity contribution in [2.75, 3.05) is 31.8 Å². The molecule has 0 saturated heterocycles. The smallest absolute Gasteiger partial charge is 0.278 e. The minimum absolute atomic E-state index is 0.0305. The number of aromatic hydroxyl groups is 1. The number of ether oxygens (including phenoxy) is 1. The molecule has 2 unspecified atom stereocenters. The van der Waals surface area contributed by atoms with Crippen LogP contribution in [0.3, 0.4) is 0 Å². The number of amides is 2. The van der Waals surface area contributed by atoms with Gasteiger partial charge in [0.15, 0.2) is 17.1 Å². The quantitative estimate of drug-likeness (QED) is 0.555. The molecule has 34 heavy (non-hydrogen) atoms. The molecule has 3 N–H and O–H groups in total. The molecule has 2 aliphatic heterocycles. The molecular formula is C22H24F2N4O6. The van der Waals surface area contributed by atoms with Gasteiger partial charge in [-0.15, -0.1) is 0 Å². The Kier molecular flexibility index (Phi) is 5.82. The zero-order valence-corrected chi connectivity index (χ0v) is 18.8. The molecule has 2 aliphatic rings. The summed E-state index contributed by atoms with van der Waals surface area (Å²) in [5.74, 6) is -4.27. The number of benzene rings is 1. The largest absolute Gasteiger partial charge is 0.502 e. The minimum atomic E-state index is -1.35. The van der Waals surface area contributed by atoms with Crippen LogP contribution in [-0.2, 0) is 11.3 Å². The predicted octanol–water partition coefficient (Wildman–Crippen LogP) is 0.585. The SMILES string of the molecule is CCN1C(=O)c2c(O)c(=O)c(C(=O)NCc3ccc(F)cc3F)c3n2N(CC3O)C1(C)COC. The highest BCUT2D eigenvalue weighted by atomic mass is 19.1. The molecule has 0 bridgehead atoms. The van der Waals surface area contributed by atoms with Crippen molar-refractivity contribution in [3.05, 3.63) is 62.6 Å². The normalized spacial score (nSPS) is 21.1. The molecule has 0 saturated carbocycles. The van der Waals surface area contributed by atoms with E-state index in [1.807, 2.05) is 0 Å². The Morgan fingerprint density at radius 2 is 2.03 bits per heavy atom. The summed E-state index contributed by atoms with van der Waals surface area (Å²) >= 11 is 0. The van der Waals surface area contributed by atoms with Crippen molar-refractivity contribution in [3.8, 4) is 5.75 Å². The van der Waals surface area contributed by atoms with E-state index in [0.717, 1.165) is 12.1 Å². The summed E-state index contributed by atoms with van der Waals surface area (Å²) < 4.78 is 33.6. The highest BCUT2D eigenvalue weighted by Gasteiger charge is 2.53. The van der Waals surface area contributed by atoms with Crippen LogP contribution >= 0.6 is 0 Å². The maximum absolute atomic E-state index is 14.0. The first kappa shape index (κ1) is 23.6. The summed E-state index contributed by atoms with van der Waals surface area (Å²) in [7, 11) is 1.45. The summed E-state index contributed by atoms with van der Waals surface area (Å²) in [5.41, 5.74) is -3.37. The molecule has 3 heterocycles. The lowest BCUT2D eigenvalue weighted by Crippen LogP contribution is -2.70. The number of rotatable bonds is 6. The third kappa shape index (κ3) is 3.32. The van der Waals surface area contributed by atoms with Crippen molar-refractivity contribution in [3.63, 3.8) is 0 Å². The number of aromatic nitrogens is 1. The molecule has 0 aliphatic carbocycles. The second-order valence-corrected chi connectivity index (χ2v) is 8.31. The molecule has 182 valence electrons. The number of aliphatic hydroxyl groups excluding tert-OH is 1. The number of methoxy groups -OCH3 is 1. The van der Waals surface area contributed by atoms with E-state index in [1.165, 1.54) is 16.7 Å². The number of hydrogen-bond acceptors (Lipinski definition) is 7.